The fourth-order valence-corrected chi connectivity index (χ4v) is 8.93. The molecule has 2 heterocycles. The first-order valence-corrected chi connectivity index (χ1v) is 14.4. The van der Waals surface area contributed by atoms with Gasteiger partial charge in [-0.1, -0.05) is 43.3 Å². The summed E-state index contributed by atoms with van der Waals surface area (Å²) in [7, 11) is 3.53. The Kier molecular flexibility index (Phi) is 6.04. The zero-order valence-corrected chi connectivity index (χ0v) is 22.9. The number of aliphatic hydroxyl groups is 1. The fourth-order valence-electron chi connectivity index (χ4n) is 8.93. The van der Waals surface area contributed by atoms with Gasteiger partial charge >= 0.3 is 0 Å². The highest BCUT2D eigenvalue weighted by molar-refractivity contribution is 5.61. The van der Waals surface area contributed by atoms with Gasteiger partial charge in [-0.05, 0) is 67.2 Å². The summed E-state index contributed by atoms with van der Waals surface area (Å²) in [6.07, 6.45) is 4.37. The number of nitrogens with zero attached hydrogens (tertiary/aromatic N) is 1. The molecule has 5 aliphatic rings. The fraction of sp³-hybridized carbons (Fsp3) is 0.625. The molecule has 3 fully saturated rings. The normalized spacial score (nSPS) is 37.0. The Bertz CT molecular complexity index is 1180. The quantitative estimate of drug-likeness (QED) is 0.536. The smallest absolute Gasteiger partial charge is 0.165 e. The summed E-state index contributed by atoms with van der Waals surface area (Å²) < 4.78 is 25.6. The average Bonchev–Trinajstić information content (AvgIpc) is 3.69. The molecule has 2 aliphatic heterocycles. The van der Waals surface area contributed by atoms with Crippen molar-refractivity contribution in [2.24, 2.45) is 23.2 Å². The van der Waals surface area contributed by atoms with Gasteiger partial charge in [-0.25, -0.2) is 0 Å². The number of piperidine rings is 1. The third-order valence-corrected chi connectivity index (χ3v) is 10.7. The second-order valence-electron chi connectivity index (χ2n) is 12.6. The first-order valence-electron chi connectivity index (χ1n) is 14.4. The minimum absolute atomic E-state index is 0.0281. The van der Waals surface area contributed by atoms with E-state index >= 15 is 0 Å². The standard InChI is InChI=1S/C32H41NO5/c1-31(19-37-18-21-7-5-4-6-8-21)23(17-34)27-24-15-22-11-12-25(35-2)28-26(22)32(27,30(38-28)29(31)36-3)13-14-33(24)16-20-9-10-20/h4-8,11-12,20,23-24,27,29-30,34H,9-10,13-19H2,1-3H3/t23-,24-,27?,29?,30+,31-,32?/m1/s1. The maximum absolute atomic E-state index is 11.2. The van der Waals surface area contributed by atoms with Crippen LogP contribution in [0.1, 0.15) is 42.9 Å². The summed E-state index contributed by atoms with van der Waals surface area (Å²) in [4.78, 5) is 2.76. The Morgan fingerprint density at radius 2 is 1.92 bits per heavy atom. The molecule has 1 N–H and O–H groups in total. The monoisotopic (exact) mass is 519 g/mol. The van der Waals surface area contributed by atoms with Gasteiger partial charge in [0.25, 0.3) is 0 Å². The molecule has 204 valence electrons. The van der Waals surface area contributed by atoms with E-state index in [0.717, 1.165) is 42.4 Å². The molecule has 2 bridgehead atoms. The van der Waals surface area contributed by atoms with Crippen LogP contribution in [0.4, 0.5) is 0 Å². The van der Waals surface area contributed by atoms with E-state index in [0.29, 0.717) is 19.3 Å². The van der Waals surface area contributed by atoms with Crippen molar-refractivity contribution in [1.29, 1.82) is 0 Å². The van der Waals surface area contributed by atoms with Gasteiger partial charge in [-0.2, -0.15) is 0 Å². The largest absolute Gasteiger partial charge is 0.493 e. The Morgan fingerprint density at radius 3 is 2.63 bits per heavy atom. The molecule has 2 aromatic carbocycles. The lowest BCUT2D eigenvalue weighted by Gasteiger charge is -2.66. The van der Waals surface area contributed by atoms with Crippen LogP contribution >= 0.6 is 0 Å². The molecule has 2 saturated carbocycles. The molecule has 0 aromatic heterocycles. The van der Waals surface area contributed by atoms with Crippen LogP contribution in [0.25, 0.3) is 0 Å². The van der Waals surface area contributed by atoms with Crippen molar-refractivity contribution in [1.82, 2.24) is 4.90 Å². The van der Waals surface area contributed by atoms with E-state index in [-0.39, 0.29) is 36.1 Å². The Hall–Kier alpha value is -2.12. The molecule has 1 spiro atoms. The molecule has 1 saturated heterocycles. The van der Waals surface area contributed by atoms with Crippen molar-refractivity contribution in [3.8, 4) is 11.5 Å². The molecule has 7 rings (SSSR count). The molecule has 3 aliphatic carbocycles. The molecule has 0 radical (unpaired) electrons. The van der Waals surface area contributed by atoms with Gasteiger partial charge in [0.2, 0.25) is 0 Å². The van der Waals surface area contributed by atoms with Crippen LogP contribution in [-0.2, 0) is 27.9 Å². The lowest BCUT2D eigenvalue weighted by molar-refractivity contribution is -0.227. The van der Waals surface area contributed by atoms with E-state index in [1.54, 1.807) is 14.2 Å². The highest BCUT2D eigenvalue weighted by Gasteiger charge is 2.73. The zero-order chi connectivity index (χ0) is 26.1. The van der Waals surface area contributed by atoms with Crippen molar-refractivity contribution < 1.29 is 24.1 Å². The SMILES string of the molecule is COc1ccc2c3c1O[C@H]1C(OC)[C@](C)(COCc4ccccc4)[C@H](CO)C4[C@@H](C2)N(CC2CC2)CCC341. The molecule has 7 atom stereocenters. The van der Waals surface area contributed by atoms with Crippen LogP contribution in [0.3, 0.4) is 0 Å². The molecular weight excluding hydrogens is 478 g/mol. The van der Waals surface area contributed by atoms with Crippen LogP contribution in [0.15, 0.2) is 42.5 Å². The predicted octanol–water partition coefficient (Wildman–Crippen LogP) is 4.21. The number of ether oxygens (including phenoxy) is 4. The first kappa shape index (κ1) is 24.9. The summed E-state index contributed by atoms with van der Waals surface area (Å²) in [6.45, 7) is 5.68. The number of likely N-dealkylation sites (tertiary alicyclic amines) is 1. The van der Waals surface area contributed by atoms with Gasteiger partial charge in [-0.3, -0.25) is 4.90 Å². The lowest BCUT2D eigenvalue weighted by Crippen LogP contribution is -2.75. The van der Waals surface area contributed by atoms with Gasteiger partial charge in [0.05, 0.1) is 20.3 Å². The van der Waals surface area contributed by atoms with Gasteiger partial charge in [0.15, 0.2) is 11.5 Å². The lowest BCUT2D eigenvalue weighted by atomic mass is 9.43. The van der Waals surface area contributed by atoms with Gasteiger partial charge < -0.3 is 24.1 Å². The van der Waals surface area contributed by atoms with Crippen molar-refractivity contribution in [3.63, 3.8) is 0 Å². The summed E-state index contributed by atoms with van der Waals surface area (Å²) in [5, 5.41) is 11.2. The van der Waals surface area contributed by atoms with Crippen molar-refractivity contribution in [3.05, 3.63) is 59.2 Å². The van der Waals surface area contributed by atoms with Crippen molar-refractivity contribution in [2.45, 2.75) is 62.9 Å². The predicted molar refractivity (Wildman–Crippen MR) is 145 cm³/mol. The summed E-state index contributed by atoms with van der Waals surface area (Å²) in [5.41, 5.74) is 3.28. The van der Waals surface area contributed by atoms with E-state index in [4.69, 9.17) is 18.9 Å². The number of hydrogen-bond acceptors (Lipinski definition) is 6. The van der Waals surface area contributed by atoms with E-state index < -0.39 is 5.41 Å². The number of rotatable bonds is 9. The second-order valence-corrected chi connectivity index (χ2v) is 12.6. The van der Waals surface area contributed by atoms with Crippen molar-refractivity contribution >= 4 is 0 Å². The third kappa shape index (κ3) is 3.46. The van der Waals surface area contributed by atoms with Crippen molar-refractivity contribution in [2.75, 3.05) is 40.5 Å². The maximum atomic E-state index is 11.2. The van der Waals surface area contributed by atoms with Crippen LogP contribution in [0.5, 0.6) is 11.5 Å². The van der Waals surface area contributed by atoms with Crippen LogP contribution in [0.2, 0.25) is 0 Å². The first-order chi connectivity index (χ1) is 18.5. The maximum Gasteiger partial charge on any atom is 0.165 e. The van der Waals surface area contributed by atoms with E-state index in [1.165, 1.54) is 30.5 Å². The number of methoxy groups -OCH3 is 2. The topological polar surface area (TPSA) is 60.4 Å². The minimum Gasteiger partial charge on any atom is -0.493 e. The van der Waals surface area contributed by atoms with Gasteiger partial charge in [0.1, 0.15) is 12.2 Å². The highest BCUT2D eigenvalue weighted by Crippen LogP contribution is 2.68. The highest BCUT2D eigenvalue weighted by atomic mass is 16.6. The third-order valence-electron chi connectivity index (χ3n) is 10.7. The second kappa shape index (κ2) is 9.22. The average molecular weight is 520 g/mol. The molecule has 38 heavy (non-hydrogen) atoms. The summed E-state index contributed by atoms with van der Waals surface area (Å²) in [5.74, 6) is 2.84. The van der Waals surface area contributed by atoms with E-state index in [1.807, 2.05) is 18.2 Å². The van der Waals surface area contributed by atoms with E-state index in [9.17, 15) is 5.11 Å². The zero-order valence-electron chi connectivity index (χ0n) is 22.9. The summed E-state index contributed by atoms with van der Waals surface area (Å²) in [6, 6.07) is 15.0. The minimum atomic E-state index is -0.412. The Balaban J connectivity index is 1.32. The molecule has 6 nitrogen and oxygen atoms in total. The van der Waals surface area contributed by atoms with Gasteiger partial charge in [0, 0.05) is 42.7 Å². The van der Waals surface area contributed by atoms with Crippen LogP contribution in [0, 0.1) is 23.2 Å². The molecule has 3 unspecified atom stereocenters. The number of hydrogen-bond donors (Lipinski definition) is 1. The van der Waals surface area contributed by atoms with Crippen LogP contribution in [-0.4, -0.2) is 68.8 Å². The van der Waals surface area contributed by atoms with Crippen LogP contribution < -0.4 is 9.47 Å². The molecular formula is C32H41NO5. The molecule has 0 amide bonds. The summed E-state index contributed by atoms with van der Waals surface area (Å²) >= 11 is 0. The Labute approximate surface area is 226 Å². The molecule has 6 heteroatoms. The van der Waals surface area contributed by atoms with E-state index in [2.05, 4.69) is 36.1 Å². The van der Waals surface area contributed by atoms with Gasteiger partial charge in [-0.15, -0.1) is 0 Å². The molecule has 2 aromatic rings. The number of benzene rings is 2. The number of aliphatic hydroxyl groups excluding tert-OH is 1. The Morgan fingerprint density at radius 1 is 1.11 bits per heavy atom.